The van der Waals surface area contributed by atoms with Crippen molar-refractivity contribution in [2.45, 2.75) is 6.54 Å². The summed E-state index contributed by atoms with van der Waals surface area (Å²) in [6, 6.07) is 11.5. The van der Waals surface area contributed by atoms with Crippen molar-refractivity contribution >= 4 is 23.2 Å². The van der Waals surface area contributed by atoms with Gasteiger partial charge in [-0.2, -0.15) is 0 Å². The molecule has 1 heterocycles. The van der Waals surface area contributed by atoms with E-state index in [2.05, 4.69) is 4.57 Å². The van der Waals surface area contributed by atoms with Gasteiger partial charge in [-0.05, 0) is 18.2 Å². The van der Waals surface area contributed by atoms with Crippen molar-refractivity contribution in [2.75, 3.05) is 0 Å². The molecule has 0 spiro atoms. The van der Waals surface area contributed by atoms with Crippen molar-refractivity contribution in [3.63, 3.8) is 0 Å². The first-order valence-electron chi connectivity index (χ1n) is 4.64. The summed E-state index contributed by atoms with van der Waals surface area (Å²) in [5.41, 5.74) is 1.07. The maximum atomic E-state index is 6.08. The molecule has 0 saturated carbocycles. The fourth-order valence-corrected chi connectivity index (χ4v) is 1.85. The molecule has 1 aromatic carbocycles. The summed E-state index contributed by atoms with van der Waals surface area (Å²) < 4.78 is 2.06. The molecule has 0 bridgehead atoms. The third-order valence-electron chi connectivity index (χ3n) is 2.15. The molecule has 0 amide bonds. The van der Waals surface area contributed by atoms with Crippen molar-refractivity contribution in [1.29, 1.82) is 0 Å². The molecule has 0 aliphatic carbocycles. The summed E-state index contributed by atoms with van der Waals surface area (Å²) >= 11 is 11.9. The van der Waals surface area contributed by atoms with Crippen LogP contribution in [0.4, 0.5) is 0 Å². The van der Waals surface area contributed by atoms with E-state index in [0.717, 1.165) is 12.1 Å². The van der Waals surface area contributed by atoms with E-state index in [0.29, 0.717) is 10.0 Å². The van der Waals surface area contributed by atoms with Crippen molar-refractivity contribution in [1.82, 2.24) is 0 Å². The molecule has 0 aliphatic rings. The Balaban J connectivity index is 0.00000128. The molecule has 0 N–H and O–H groups in total. The molecule has 0 saturated heterocycles. The highest BCUT2D eigenvalue weighted by molar-refractivity contribution is 6.35. The minimum atomic E-state index is 0. The highest BCUT2D eigenvalue weighted by Crippen LogP contribution is 2.20. The molecule has 16 heavy (non-hydrogen) atoms. The molecule has 0 aliphatic heterocycles. The second-order valence-corrected chi connectivity index (χ2v) is 4.13. The predicted molar refractivity (Wildman–Crippen MR) is 62.2 cm³/mol. The van der Waals surface area contributed by atoms with Crippen LogP contribution in [0.3, 0.4) is 0 Å². The Morgan fingerprint density at radius 1 is 1.00 bits per heavy atom. The second-order valence-electron chi connectivity index (χ2n) is 3.28. The Hall–Kier alpha value is -0.760. The van der Waals surface area contributed by atoms with Crippen LogP contribution in [0.15, 0.2) is 48.8 Å². The first-order valence-corrected chi connectivity index (χ1v) is 5.39. The molecule has 2 rings (SSSR count). The van der Waals surface area contributed by atoms with E-state index in [9.17, 15) is 0 Å². The molecule has 0 radical (unpaired) electrons. The molecule has 0 unspecified atom stereocenters. The number of benzene rings is 1. The molecule has 84 valence electrons. The minimum Gasteiger partial charge on any atom is -1.00 e. The van der Waals surface area contributed by atoms with E-state index in [-0.39, 0.29) is 12.4 Å². The van der Waals surface area contributed by atoms with Crippen molar-refractivity contribution in [3.05, 3.63) is 64.4 Å². The Morgan fingerprint density at radius 3 is 2.31 bits per heavy atom. The average molecular weight is 275 g/mol. The van der Waals surface area contributed by atoms with Crippen molar-refractivity contribution in [2.24, 2.45) is 0 Å². The van der Waals surface area contributed by atoms with Gasteiger partial charge in [0.2, 0.25) is 0 Å². The summed E-state index contributed by atoms with van der Waals surface area (Å²) in [5, 5.41) is 1.38. The molecule has 0 atom stereocenters. The zero-order valence-corrected chi connectivity index (χ0v) is 10.7. The highest BCUT2D eigenvalue weighted by atomic mass is 35.5. The lowest BCUT2D eigenvalue weighted by Gasteiger charge is -2.00. The van der Waals surface area contributed by atoms with Gasteiger partial charge in [-0.3, -0.25) is 0 Å². The normalized spacial score (nSPS) is 9.62. The Morgan fingerprint density at radius 2 is 1.69 bits per heavy atom. The van der Waals surface area contributed by atoms with Gasteiger partial charge in [0.25, 0.3) is 0 Å². The van der Waals surface area contributed by atoms with E-state index in [4.69, 9.17) is 23.2 Å². The number of nitrogens with zero attached hydrogens (tertiary/aromatic N) is 1. The van der Waals surface area contributed by atoms with E-state index in [1.54, 1.807) is 6.07 Å². The zero-order valence-electron chi connectivity index (χ0n) is 8.41. The number of rotatable bonds is 2. The number of aromatic nitrogens is 1. The lowest BCUT2D eigenvalue weighted by atomic mass is 10.2. The highest BCUT2D eigenvalue weighted by Gasteiger charge is 2.06. The van der Waals surface area contributed by atoms with Gasteiger partial charge in [-0.25, -0.2) is 4.57 Å². The monoisotopic (exact) mass is 273 g/mol. The summed E-state index contributed by atoms with van der Waals surface area (Å²) in [5.74, 6) is 0. The van der Waals surface area contributed by atoms with Gasteiger partial charge in [-0.1, -0.05) is 29.3 Å². The molecular formula is C12H10Cl3N. The van der Waals surface area contributed by atoms with Crippen LogP contribution in [0.1, 0.15) is 5.56 Å². The maximum Gasteiger partial charge on any atom is 0.175 e. The summed E-state index contributed by atoms with van der Waals surface area (Å²) in [7, 11) is 0. The first-order chi connectivity index (χ1) is 7.25. The standard InChI is InChI=1S/C12H10Cl2N.ClH/c13-11-5-4-10(12(14)8-11)9-15-6-2-1-3-7-15;/h1-8H,9H2;1H/q+1;/p-1. The second kappa shape index (κ2) is 6.09. The van der Waals surface area contributed by atoms with Gasteiger partial charge in [0, 0.05) is 22.7 Å². The molecular weight excluding hydrogens is 264 g/mol. The number of hydrogen-bond donors (Lipinski definition) is 0. The van der Waals surface area contributed by atoms with Gasteiger partial charge >= 0.3 is 0 Å². The molecule has 2 aromatic rings. The fraction of sp³-hybridized carbons (Fsp3) is 0.0833. The van der Waals surface area contributed by atoms with Crippen LogP contribution >= 0.6 is 23.2 Å². The quantitative estimate of drug-likeness (QED) is 0.695. The first kappa shape index (κ1) is 13.3. The lowest BCUT2D eigenvalue weighted by Crippen LogP contribution is -3.00. The predicted octanol–water partition coefficient (Wildman–Crippen LogP) is 0.333. The minimum absolute atomic E-state index is 0. The number of pyridine rings is 1. The average Bonchev–Trinajstić information content (AvgIpc) is 2.24. The van der Waals surface area contributed by atoms with Crippen LogP contribution in [-0.2, 0) is 6.54 Å². The van der Waals surface area contributed by atoms with Crippen LogP contribution in [-0.4, -0.2) is 0 Å². The summed E-state index contributed by atoms with van der Waals surface area (Å²) in [6.07, 6.45) is 4.01. The third kappa shape index (κ3) is 3.38. The SMILES string of the molecule is Clc1ccc(C[n+]2ccccc2)c(Cl)c1.[Cl-]. The Bertz CT molecular complexity index is 457. The van der Waals surface area contributed by atoms with E-state index >= 15 is 0 Å². The Labute approximate surface area is 111 Å². The summed E-state index contributed by atoms with van der Waals surface area (Å²) in [4.78, 5) is 0. The molecule has 1 nitrogen and oxygen atoms in total. The van der Waals surface area contributed by atoms with Crippen LogP contribution in [0.25, 0.3) is 0 Å². The molecule has 0 fully saturated rings. The van der Waals surface area contributed by atoms with Crippen LogP contribution in [0, 0.1) is 0 Å². The number of halogens is 3. The lowest BCUT2D eigenvalue weighted by molar-refractivity contribution is -0.688. The van der Waals surface area contributed by atoms with E-state index < -0.39 is 0 Å². The van der Waals surface area contributed by atoms with E-state index in [1.807, 2.05) is 42.7 Å². The van der Waals surface area contributed by atoms with Gasteiger partial charge in [0.05, 0.1) is 5.02 Å². The zero-order chi connectivity index (χ0) is 10.7. The van der Waals surface area contributed by atoms with Gasteiger partial charge in [0.1, 0.15) is 0 Å². The topological polar surface area (TPSA) is 3.88 Å². The van der Waals surface area contributed by atoms with Crippen LogP contribution in [0.2, 0.25) is 10.0 Å². The molecule has 4 heteroatoms. The third-order valence-corrected chi connectivity index (χ3v) is 2.73. The number of hydrogen-bond acceptors (Lipinski definition) is 0. The largest absolute Gasteiger partial charge is 1.00 e. The fourth-order valence-electron chi connectivity index (χ4n) is 1.39. The van der Waals surface area contributed by atoms with Gasteiger partial charge in [0.15, 0.2) is 18.9 Å². The summed E-state index contributed by atoms with van der Waals surface area (Å²) in [6.45, 7) is 0.761. The van der Waals surface area contributed by atoms with Crippen LogP contribution in [0.5, 0.6) is 0 Å². The van der Waals surface area contributed by atoms with Gasteiger partial charge < -0.3 is 12.4 Å². The molecule has 1 aromatic heterocycles. The van der Waals surface area contributed by atoms with Crippen LogP contribution < -0.4 is 17.0 Å². The van der Waals surface area contributed by atoms with E-state index in [1.165, 1.54) is 0 Å². The van der Waals surface area contributed by atoms with Crippen molar-refractivity contribution < 1.29 is 17.0 Å². The van der Waals surface area contributed by atoms with Crippen molar-refractivity contribution in [3.8, 4) is 0 Å². The van der Waals surface area contributed by atoms with Gasteiger partial charge in [-0.15, -0.1) is 0 Å². The Kier molecular flexibility index (Phi) is 5.07. The maximum absolute atomic E-state index is 6.08. The smallest absolute Gasteiger partial charge is 0.175 e.